The van der Waals surface area contributed by atoms with E-state index in [0.717, 1.165) is 47.4 Å². The number of likely N-dealkylation sites (tertiary alicyclic amines) is 1. The number of nitrogens with zero attached hydrogens (tertiary/aromatic N) is 5. The number of aliphatic hydroxyl groups is 1. The van der Waals surface area contributed by atoms with E-state index < -0.39 is 58.9 Å². The number of nitrogens with one attached hydrogen (secondary N) is 5. The van der Waals surface area contributed by atoms with Crippen molar-refractivity contribution in [3.63, 3.8) is 0 Å². The predicted octanol–water partition coefficient (Wildman–Crippen LogP) is 5.50. The number of anilines is 3. The summed E-state index contributed by atoms with van der Waals surface area (Å²) in [5.41, 5.74) is 10.0. The number of hydrogen-bond acceptors (Lipinski definition) is 18. The number of alkyl carbamates (subject to hydrolysis) is 1. The van der Waals surface area contributed by atoms with Crippen molar-refractivity contribution in [2.45, 2.75) is 123 Å². The van der Waals surface area contributed by atoms with Crippen molar-refractivity contribution < 1.29 is 57.5 Å². The number of thiazole rings is 1. The van der Waals surface area contributed by atoms with Crippen LogP contribution in [0, 0.1) is 12.3 Å². The van der Waals surface area contributed by atoms with Gasteiger partial charge in [0, 0.05) is 61.8 Å². The molecule has 1 aliphatic heterocycles. The van der Waals surface area contributed by atoms with Gasteiger partial charge in [0.2, 0.25) is 23.7 Å². The Labute approximate surface area is 464 Å². The van der Waals surface area contributed by atoms with Crippen molar-refractivity contribution in [1.82, 2.24) is 40.2 Å². The number of fused-ring (bicyclic) bond motifs is 1. The maximum atomic E-state index is 14.0. The Bertz CT molecular complexity index is 2880. The van der Waals surface area contributed by atoms with Crippen LogP contribution in [0.3, 0.4) is 0 Å². The number of primary amides is 1. The lowest BCUT2D eigenvalue weighted by atomic mass is 9.85. The fraction of sp³-hybridized carbons (Fsp3) is 0.527. The fourth-order valence-electron chi connectivity index (χ4n) is 9.29. The molecule has 24 heteroatoms. The molecule has 5 aromatic rings. The van der Waals surface area contributed by atoms with Gasteiger partial charge >= 0.3 is 6.09 Å². The van der Waals surface area contributed by atoms with Crippen molar-refractivity contribution in [3.05, 3.63) is 77.2 Å². The average Bonchev–Trinajstić information content (AvgIpc) is 4.32. The summed E-state index contributed by atoms with van der Waals surface area (Å²) < 4.78 is 35.7. The Morgan fingerprint density at radius 3 is 2.23 bits per heavy atom. The highest BCUT2D eigenvalue weighted by Crippen LogP contribution is 2.33. The van der Waals surface area contributed by atoms with Crippen LogP contribution in [0.15, 0.2) is 60.4 Å². The zero-order valence-electron chi connectivity index (χ0n) is 46.2. The van der Waals surface area contributed by atoms with Crippen molar-refractivity contribution in [2.75, 3.05) is 70.5 Å². The van der Waals surface area contributed by atoms with E-state index >= 15 is 0 Å². The summed E-state index contributed by atoms with van der Waals surface area (Å²) in [6, 6.07) is 10.6. The maximum absolute atomic E-state index is 14.0. The monoisotopic (exact) mass is 1110 g/mol. The second kappa shape index (κ2) is 27.2. The van der Waals surface area contributed by atoms with Crippen LogP contribution in [-0.2, 0) is 39.9 Å². The Morgan fingerprint density at radius 1 is 0.886 bits per heavy atom. The molecular formula is C55H75N11O12S. The van der Waals surface area contributed by atoms with Crippen molar-refractivity contribution in [3.8, 4) is 21.9 Å². The molecule has 1 saturated carbocycles. The molecule has 79 heavy (non-hydrogen) atoms. The molecule has 428 valence electrons. The minimum atomic E-state index is -1.00. The molecule has 0 radical (unpaired) electrons. The number of hydrogen-bond donors (Lipinski definition) is 7. The van der Waals surface area contributed by atoms with E-state index in [1.807, 2.05) is 72.7 Å². The lowest BCUT2D eigenvalue weighted by Crippen LogP contribution is -2.58. The number of aromatic nitrogens is 4. The molecule has 23 nitrogen and oxygen atoms in total. The number of methoxy groups -OCH3 is 1. The van der Waals surface area contributed by atoms with Gasteiger partial charge in [-0.1, -0.05) is 57.9 Å². The molecule has 4 heterocycles. The van der Waals surface area contributed by atoms with Gasteiger partial charge in [0.1, 0.15) is 48.0 Å². The zero-order chi connectivity index (χ0) is 56.9. The highest BCUT2D eigenvalue weighted by Gasteiger charge is 2.44. The molecule has 0 unspecified atom stereocenters. The molecule has 8 N–H and O–H groups in total. The maximum Gasteiger partial charge on any atom is 0.407 e. The van der Waals surface area contributed by atoms with Crippen LogP contribution in [0.1, 0.15) is 95.3 Å². The molecule has 2 aliphatic rings. The first-order valence-corrected chi connectivity index (χ1v) is 27.4. The zero-order valence-corrected chi connectivity index (χ0v) is 47.0. The summed E-state index contributed by atoms with van der Waals surface area (Å²) in [5.74, 6) is -0.682. The number of β-amino-alcohol motifs (C(OH)–C–C–N with tert-alkyl or cyclic N) is 1. The topological polar surface area (TPSA) is 293 Å². The molecular weight excluding hydrogens is 1040 g/mol. The summed E-state index contributed by atoms with van der Waals surface area (Å²) >= 11 is 1.56. The second-order valence-corrected chi connectivity index (χ2v) is 22.4. The van der Waals surface area contributed by atoms with E-state index in [9.17, 15) is 29.1 Å². The number of nitrogens with two attached hydrogens (primary N) is 1. The molecule has 1 saturated heterocycles. The van der Waals surface area contributed by atoms with Gasteiger partial charge in [0.15, 0.2) is 11.5 Å². The van der Waals surface area contributed by atoms with Gasteiger partial charge in [-0.25, -0.2) is 14.8 Å². The molecule has 5 amide bonds. The summed E-state index contributed by atoms with van der Waals surface area (Å²) in [6.45, 7) is 13.9. The Balaban J connectivity index is 0.826. The SMILES string of the molecule is COc1cc(Nc2nc(N[C@H]3CCCC[C@H]3NC(=O)OC(C)(C)C)n3ccnc3c2C(N)=O)cc(OCCOCCOCCOCC(=O)N[C@H](C(=O)N2C[C@H](O)C[C@H]2C(=O)NCc2ccc(-c3scnc3C)cc2)C(C)(C)C)c1. The third-order valence-electron chi connectivity index (χ3n) is 13.1. The van der Waals surface area contributed by atoms with Crippen LogP contribution < -0.4 is 41.8 Å². The van der Waals surface area contributed by atoms with Crippen LogP contribution in [0.4, 0.5) is 22.2 Å². The summed E-state index contributed by atoms with van der Waals surface area (Å²) in [5, 5.41) is 26.0. The van der Waals surface area contributed by atoms with E-state index in [1.165, 1.54) is 12.0 Å². The number of carbonyl (C=O) groups excluding carboxylic acids is 5. The first kappa shape index (κ1) is 59.5. The number of ether oxygens (including phenoxy) is 6. The molecule has 2 fully saturated rings. The van der Waals surface area contributed by atoms with Gasteiger partial charge in [-0.05, 0) is 57.1 Å². The lowest BCUT2D eigenvalue weighted by Gasteiger charge is -2.35. The van der Waals surface area contributed by atoms with Crippen LogP contribution in [0.2, 0.25) is 0 Å². The largest absolute Gasteiger partial charge is 0.497 e. The van der Waals surface area contributed by atoms with Crippen LogP contribution in [0.25, 0.3) is 16.1 Å². The summed E-state index contributed by atoms with van der Waals surface area (Å²) in [7, 11) is 1.52. The van der Waals surface area contributed by atoms with Crippen molar-refractivity contribution in [2.24, 2.45) is 11.1 Å². The molecule has 1 aliphatic carbocycles. The summed E-state index contributed by atoms with van der Waals surface area (Å²) in [6.07, 6.45) is 5.26. The Morgan fingerprint density at radius 2 is 1.57 bits per heavy atom. The first-order chi connectivity index (χ1) is 37.7. The minimum absolute atomic E-state index is 0.0403. The Hall–Kier alpha value is -7.12. The molecule has 5 atom stereocenters. The molecule has 3 aromatic heterocycles. The van der Waals surface area contributed by atoms with Crippen LogP contribution in [0.5, 0.6) is 11.5 Å². The number of amides is 5. The molecule has 0 bridgehead atoms. The quantitative estimate of drug-likeness (QED) is 0.0355. The standard InChI is InChI=1S/C55H75N11O12S/c1-33-45(79-32-59-33)35-15-13-34(14-16-35)29-58-50(70)42-27-37(67)30-66(42)51(71)46(54(2,3)4)63-43(68)31-76-22-21-74-19-20-75-23-24-77-39-26-36(25-38(28-39)73-8)60-48-44(47(56)69)49-57-17-18-65(49)52(64-48)61-40-11-9-10-12-41(40)62-53(72)78-55(5,6)7/h13-18,25-26,28,32,37,40-42,46,60,67H,9-12,19-24,27,29-31H2,1-8H3,(H2,56,69)(H,58,70)(H,61,64)(H,62,72)(H,63,68)/t37-,40+,41-,42+,46-/m1/s1. The molecule has 2 aromatic carbocycles. The average molecular weight is 1110 g/mol. The van der Waals surface area contributed by atoms with Gasteiger partial charge in [0.05, 0.1) is 68.4 Å². The normalized spacial score (nSPS) is 17.9. The molecule has 0 spiro atoms. The van der Waals surface area contributed by atoms with Gasteiger partial charge in [-0.15, -0.1) is 11.3 Å². The van der Waals surface area contributed by atoms with Gasteiger partial charge in [0.25, 0.3) is 5.91 Å². The number of aliphatic hydroxyl groups excluding tert-OH is 1. The van der Waals surface area contributed by atoms with Crippen molar-refractivity contribution >= 4 is 64.2 Å². The van der Waals surface area contributed by atoms with Gasteiger partial charge in [-0.3, -0.25) is 23.6 Å². The number of rotatable bonds is 25. The van der Waals surface area contributed by atoms with Crippen LogP contribution >= 0.6 is 11.3 Å². The highest BCUT2D eigenvalue weighted by molar-refractivity contribution is 7.13. The Kier molecular flexibility index (Phi) is 20.5. The van der Waals surface area contributed by atoms with E-state index in [2.05, 4.69) is 36.6 Å². The summed E-state index contributed by atoms with van der Waals surface area (Å²) in [4.78, 5) is 82.3. The third kappa shape index (κ3) is 16.7. The lowest BCUT2D eigenvalue weighted by molar-refractivity contribution is -0.144. The number of carbonyl (C=O) groups is 5. The minimum Gasteiger partial charge on any atom is -0.497 e. The third-order valence-corrected chi connectivity index (χ3v) is 14.1. The number of aryl methyl sites for hydroxylation is 1. The number of imidazole rings is 1. The van der Waals surface area contributed by atoms with Crippen LogP contribution in [-0.4, -0.2) is 155 Å². The fourth-order valence-corrected chi connectivity index (χ4v) is 10.1. The second-order valence-electron chi connectivity index (χ2n) is 21.5. The predicted molar refractivity (Wildman–Crippen MR) is 296 cm³/mol. The van der Waals surface area contributed by atoms with E-state index in [-0.39, 0.29) is 94.9 Å². The van der Waals surface area contributed by atoms with E-state index in [4.69, 9.17) is 39.1 Å². The van der Waals surface area contributed by atoms with E-state index in [0.29, 0.717) is 23.1 Å². The molecule has 7 rings (SSSR count). The van der Waals surface area contributed by atoms with Crippen molar-refractivity contribution in [1.29, 1.82) is 0 Å². The number of benzene rings is 2. The van der Waals surface area contributed by atoms with E-state index in [1.54, 1.807) is 51.8 Å². The van der Waals surface area contributed by atoms with Gasteiger partial charge < -0.3 is 70.7 Å². The van der Waals surface area contributed by atoms with Gasteiger partial charge in [-0.2, -0.15) is 4.98 Å². The smallest absolute Gasteiger partial charge is 0.407 e. The first-order valence-electron chi connectivity index (χ1n) is 26.5. The highest BCUT2D eigenvalue weighted by atomic mass is 32.1.